The molecule has 0 atom stereocenters. The van der Waals surface area contributed by atoms with Crippen LogP contribution in [0.5, 0.6) is 0 Å². The third-order valence-corrected chi connectivity index (χ3v) is 3.62. The van der Waals surface area contributed by atoms with E-state index < -0.39 is 10.0 Å². The van der Waals surface area contributed by atoms with Crippen LogP contribution in [-0.4, -0.2) is 18.6 Å². The lowest BCUT2D eigenvalue weighted by molar-refractivity contribution is 0.494. The second-order valence-corrected chi connectivity index (χ2v) is 6.10. The normalized spacial score (nSPS) is 13.6. The average Bonchev–Trinajstić information content (AvgIpc) is 1.60. The summed E-state index contributed by atoms with van der Waals surface area (Å²) in [5.74, 6) is 0. The van der Waals surface area contributed by atoms with Gasteiger partial charge < -0.3 is 0 Å². The molecular weight excluding hydrogens is 218 g/mol. The highest BCUT2D eigenvalue weighted by atomic mass is 79.9. The zero-order chi connectivity index (χ0) is 8.41. The molecule has 0 amide bonds. The summed E-state index contributed by atoms with van der Waals surface area (Å²) in [4.78, 5) is 0. The van der Waals surface area contributed by atoms with E-state index in [0.717, 1.165) is 0 Å². The number of rotatable bonds is 2. The third kappa shape index (κ3) is 5.20. The monoisotopic (exact) mass is 229 g/mol. The zero-order valence-electron chi connectivity index (χ0n) is 6.31. The Hall–Kier alpha value is 0.390. The van der Waals surface area contributed by atoms with E-state index in [2.05, 4.69) is 20.7 Å². The fourth-order valence-corrected chi connectivity index (χ4v) is 1.82. The standard InChI is InChI=1S/C5H12BrNO2S/c1-5(2,3)7-10(8,9)4-6/h7H,4H2,1-3H3. The van der Waals surface area contributed by atoms with E-state index >= 15 is 0 Å². The van der Waals surface area contributed by atoms with Crippen LogP contribution >= 0.6 is 15.9 Å². The van der Waals surface area contributed by atoms with Gasteiger partial charge in [-0.1, -0.05) is 15.9 Å². The summed E-state index contributed by atoms with van der Waals surface area (Å²) in [7, 11) is -3.11. The van der Waals surface area contributed by atoms with Gasteiger partial charge in [0.05, 0.1) is 0 Å². The van der Waals surface area contributed by atoms with Crippen molar-refractivity contribution in [1.82, 2.24) is 4.72 Å². The molecule has 0 bridgehead atoms. The van der Waals surface area contributed by atoms with Gasteiger partial charge in [-0.2, -0.15) is 0 Å². The Balaban J connectivity index is 4.18. The van der Waals surface area contributed by atoms with Crippen LogP contribution in [0.1, 0.15) is 20.8 Å². The summed E-state index contributed by atoms with van der Waals surface area (Å²) >= 11 is 2.87. The fourth-order valence-electron chi connectivity index (χ4n) is 0.494. The smallest absolute Gasteiger partial charge is 0.212 e. The maximum Gasteiger partial charge on any atom is 0.222 e. The van der Waals surface area contributed by atoms with Crippen LogP contribution in [0.25, 0.3) is 0 Å². The number of hydrogen-bond acceptors (Lipinski definition) is 2. The summed E-state index contributed by atoms with van der Waals surface area (Å²) in [6.07, 6.45) is 0. The number of hydrogen-bond donors (Lipinski definition) is 1. The molecule has 1 N–H and O–H groups in total. The Bertz CT molecular complexity index is 192. The van der Waals surface area contributed by atoms with Crippen molar-refractivity contribution in [2.24, 2.45) is 0 Å². The van der Waals surface area contributed by atoms with Gasteiger partial charge in [0, 0.05) is 5.54 Å². The maximum atomic E-state index is 10.9. The van der Waals surface area contributed by atoms with E-state index in [1.807, 2.05) is 0 Å². The van der Waals surface area contributed by atoms with Gasteiger partial charge in [0.1, 0.15) is 4.66 Å². The lowest BCUT2D eigenvalue weighted by Gasteiger charge is -2.18. The topological polar surface area (TPSA) is 46.2 Å². The number of nitrogens with one attached hydrogen (secondary N) is 1. The summed E-state index contributed by atoms with van der Waals surface area (Å²) in [5.41, 5.74) is -0.382. The molecule has 0 unspecified atom stereocenters. The van der Waals surface area contributed by atoms with Gasteiger partial charge >= 0.3 is 0 Å². The SMILES string of the molecule is CC(C)(C)NS(=O)(=O)CBr. The molecule has 0 radical (unpaired) electrons. The van der Waals surface area contributed by atoms with Crippen molar-refractivity contribution in [3.8, 4) is 0 Å². The third-order valence-electron chi connectivity index (χ3n) is 0.605. The minimum atomic E-state index is -3.11. The van der Waals surface area contributed by atoms with Crippen molar-refractivity contribution in [2.45, 2.75) is 26.3 Å². The molecule has 10 heavy (non-hydrogen) atoms. The summed E-state index contributed by atoms with van der Waals surface area (Å²) < 4.78 is 24.1. The predicted molar refractivity (Wildman–Crippen MR) is 45.6 cm³/mol. The molecule has 62 valence electrons. The second-order valence-electron chi connectivity index (χ2n) is 3.08. The van der Waals surface area contributed by atoms with Crippen molar-refractivity contribution in [3.05, 3.63) is 0 Å². The minimum absolute atomic E-state index is 0.0444. The Labute approximate surface area is 70.4 Å². The van der Waals surface area contributed by atoms with Gasteiger partial charge in [0.25, 0.3) is 0 Å². The van der Waals surface area contributed by atoms with E-state index in [1.165, 1.54) is 0 Å². The molecule has 0 aliphatic heterocycles. The quantitative estimate of drug-likeness (QED) is 0.721. The second kappa shape index (κ2) is 3.19. The van der Waals surface area contributed by atoms with Crippen molar-refractivity contribution in [1.29, 1.82) is 0 Å². The van der Waals surface area contributed by atoms with E-state index in [4.69, 9.17) is 0 Å². The van der Waals surface area contributed by atoms with Gasteiger partial charge in [0.2, 0.25) is 10.0 Å². The summed E-state index contributed by atoms with van der Waals surface area (Å²) in [6, 6.07) is 0. The van der Waals surface area contributed by atoms with Crippen LogP contribution < -0.4 is 4.72 Å². The van der Waals surface area contributed by atoms with Gasteiger partial charge in [-0.25, -0.2) is 13.1 Å². The lowest BCUT2D eigenvalue weighted by Crippen LogP contribution is -2.40. The highest BCUT2D eigenvalue weighted by molar-refractivity contribution is 9.10. The molecule has 0 aliphatic rings. The van der Waals surface area contributed by atoms with E-state index in [0.29, 0.717) is 0 Å². The first-order chi connectivity index (χ1) is 4.27. The molecule has 0 saturated heterocycles. The van der Waals surface area contributed by atoms with E-state index in [-0.39, 0.29) is 10.2 Å². The van der Waals surface area contributed by atoms with Gasteiger partial charge in [-0.05, 0) is 20.8 Å². The Morgan fingerprint density at radius 3 is 1.90 bits per heavy atom. The first-order valence-corrected chi connectivity index (χ1v) is 5.62. The molecule has 0 aromatic carbocycles. The highest BCUT2D eigenvalue weighted by Crippen LogP contribution is 2.03. The molecule has 0 aromatic heterocycles. The predicted octanol–water partition coefficient (Wildman–Crippen LogP) is 1.06. The first kappa shape index (κ1) is 10.4. The molecular formula is C5H12BrNO2S. The molecule has 0 aromatic rings. The van der Waals surface area contributed by atoms with Gasteiger partial charge in [-0.15, -0.1) is 0 Å². The van der Waals surface area contributed by atoms with Crippen LogP contribution in [0.15, 0.2) is 0 Å². The molecule has 0 spiro atoms. The minimum Gasteiger partial charge on any atom is -0.212 e. The van der Waals surface area contributed by atoms with Crippen LogP contribution in [-0.2, 0) is 10.0 Å². The van der Waals surface area contributed by atoms with Gasteiger partial charge in [-0.3, -0.25) is 0 Å². The summed E-state index contributed by atoms with van der Waals surface area (Å²) in [5, 5.41) is 0. The fraction of sp³-hybridized carbons (Fsp3) is 1.00. The Morgan fingerprint density at radius 1 is 1.40 bits per heavy atom. The largest absolute Gasteiger partial charge is 0.222 e. The van der Waals surface area contributed by atoms with Crippen LogP contribution in [0.2, 0.25) is 0 Å². The van der Waals surface area contributed by atoms with Gasteiger partial charge in [0.15, 0.2) is 0 Å². The molecule has 0 fully saturated rings. The van der Waals surface area contributed by atoms with E-state index in [9.17, 15) is 8.42 Å². The van der Waals surface area contributed by atoms with Crippen molar-refractivity contribution in [3.63, 3.8) is 0 Å². The highest BCUT2D eigenvalue weighted by Gasteiger charge is 2.17. The number of sulfonamides is 1. The Morgan fingerprint density at radius 2 is 1.80 bits per heavy atom. The number of halogens is 1. The molecule has 0 rings (SSSR count). The van der Waals surface area contributed by atoms with Crippen molar-refractivity contribution in [2.75, 3.05) is 4.66 Å². The van der Waals surface area contributed by atoms with Crippen molar-refractivity contribution < 1.29 is 8.42 Å². The van der Waals surface area contributed by atoms with Crippen LogP contribution in [0, 0.1) is 0 Å². The van der Waals surface area contributed by atoms with Crippen LogP contribution in [0.3, 0.4) is 0 Å². The maximum absolute atomic E-state index is 10.9. The molecule has 3 nitrogen and oxygen atoms in total. The van der Waals surface area contributed by atoms with Crippen molar-refractivity contribution >= 4 is 26.0 Å². The number of alkyl halides is 1. The molecule has 0 saturated carbocycles. The zero-order valence-corrected chi connectivity index (χ0v) is 8.71. The first-order valence-electron chi connectivity index (χ1n) is 2.84. The molecule has 5 heteroatoms. The summed E-state index contributed by atoms with van der Waals surface area (Å²) in [6.45, 7) is 5.40. The molecule has 0 aliphatic carbocycles. The lowest BCUT2D eigenvalue weighted by atomic mass is 10.1. The average molecular weight is 230 g/mol. The van der Waals surface area contributed by atoms with Crippen LogP contribution in [0.4, 0.5) is 0 Å². The molecule has 0 heterocycles. The van der Waals surface area contributed by atoms with E-state index in [1.54, 1.807) is 20.8 Å². The Kier molecular flexibility index (Phi) is 3.32.